The fraction of sp³-hybridized carbons (Fsp3) is 0.188. The first-order chi connectivity index (χ1) is 22.2. The number of urea groups is 1. The van der Waals surface area contributed by atoms with E-state index in [1.165, 1.54) is 24.3 Å². The number of carbonyl (C=O) groups is 1. The number of aromatic nitrogens is 3. The van der Waals surface area contributed by atoms with Gasteiger partial charge in [-0.25, -0.2) is 41.7 Å². The molecule has 2 aromatic heterocycles. The standard InChI is InChI=1S/C32H29ClF2N6O3S2/c33-30-29(24-4-2-21(3-5-24)20-38-46(43)44)39-31(45-30)40-32(42)41(19-15-28-36-16-1-17-37-28)18-14-27(22-6-10-25(34)11-7-22)23-8-12-26(35)13-9-23/h1-13,16-17,27,46H,14-15,18-20H2,(H,38,43,44)(H,39,40,42). The number of rotatable bonds is 13. The lowest BCUT2D eigenvalue weighted by Crippen LogP contribution is -2.38. The molecule has 0 atom stereocenters. The summed E-state index contributed by atoms with van der Waals surface area (Å²) in [6.45, 7) is 0.762. The Morgan fingerprint density at radius 2 is 1.50 bits per heavy atom. The fourth-order valence-electron chi connectivity index (χ4n) is 4.85. The van der Waals surface area contributed by atoms with Crippen LogP contribution in [-0.4, -0.2) is 47.4 Å². The van der Waals surface area contributed by atoms with Crippen molar-refractivity contribution >= 4 is 45.0 Å². The quantitative estimate of drug-likeness (QED) is 0.123. The lowest BCUT2D eigenvalue weighted by Gasteiger charge is -2.26. The highest BCUT2D eigenvalue weighted by Crippen LogP contribution is 2.35. The molecule has 0 fully saturated rings. The zero-order chi connectivity index (χ0) is 32.5. The Morgan fingerprint density at radius 1 is 0.891 bits per heavy atom. The number of thiazole rings is 1. The Balaban J connectivity index is 1.34. The molecule has 0 radical (unpaired) electrons. The molecule has 5 aromatic rings. The van der Waals surface area contributed by atoms with E-state index in [0.717, 1.165) is 28.0 Å². The SMILES string of the molecule is O=C(Nc1nc(-c2ccc(CN[SH](=O)=O)cc2)c(Cl)s1)N(CCc1ncccn1)CCC(c1ccc(F)cc1)c1ccc(F)cc1. The first kappa shape index (κ1) is 33.1. The zero-order valence-corrected chi connectivity index (χ0v) is 26.7. The van der Waals surface area contributed by atoms with Gasteiger partial charge in [0.1, 0.15) is 27.5 Å². The van der Waals surface area contributed by atoms with Crippen LogP contribution in [0.3, 0.4) is 0 Å². The third kappa shape index (κ3) is 9.13. The number of hydrogen-bond donors (Lipinski definition) is 3. The fourth-order valence-corrected chi connectivity index (χ4v) is 6.24. The van der Waals surface area contributed by atoms with Crippen LogP contribution in [-0.2, 0) is 23.9 Å². The Morgan fingerprint density at radius 3 is 2.09 bits per heavy atom. The smallest absolute Gasteiger partial charge is 0.323 e. The van der Waals surface area contributed by atoms with Crippen molar-refractivity contribution in [3.63, 3.8) is 0 Å². The molecule has 2 heterocycles. The summed E-state index contributed by atoms with van der Waals surface area (Å²) in [7, 11) is -2.70. The van der Waals surface area contributed by atoms with Crippen LogP contribution in [0.15, 0.2) is 91.3 Å². The summed E-state index contributed by atoms with van der Waals surface area (Å²) < 4.78 is 51.9. The normalized spacial score (nSPS) is 11.2. The molecule has 3 aromatic carbocycles. The van der Waals surface area contributed by atoms with E-state index in [2.05, 4.69) is 25.0 Å². The van der Waals surface area contributed by atoms with Gasteiger partial charge in [0.05, 0.1) is 0 Å². The number of nitrogens with zero attached hydrogens (tertiary/aromatic N) is 4. The van der Waals surface area contributed by atoms with Crippen LogP contribution in [0.1, 0.15) is 34.9 Å². The lowest BCUT2D eigenvalue weighted by atomic mass is 9.88. The third-order valence-electron chi connectivity index (χ3n) is 7.18. The number of halogens is 3. The molecular formula is C32H29ClF2N6O3S2. The summed E-state index contributed by atoms with van der Waals surface area (Å²) >= 11 is 7.63. The molecule has 238 valence electrons. The van der Waals surface area contributed by atoms with E-state index >= 15 is 0 Å². The van der Waals surface area contributed by atoms with Crippen molar-refractivity contribution in [2.24, 2.45) is 0 Å². The third-order valence-corrected chi connectivity index (χ3v) is 8.77. The van der Waals surface area contributed by atoms with Gasteiger partial charge in [-0.05, 0) is 53.4 Å². The van der Waals surface area contributed by atoms with E-state index in [1.807, 2.05) is 0 Å². The number of hydrogen-bond acceptors (Lipinski definition) is 7. The largest absolute Gasteiger partial charge is 0.324 e. The van der Waals surface area contributed by atoms with Gasteiger partial charge >= 0.3 is 6.03 Å². The van der Waals surface area contributed by atoms with Crippen LogP contribution in [0.4, 0.5) is 18.7 Å². The highest BCUT2D eigenvalue weighted by Gasteiger charge is 2.22. The molecular weight excluding hydrogens is 654 g/mol. The summed E-state index contributed by atoms with van der Waals surface area (Å²) in [5.74, 6) is -0.387. The average Bonchev–Trinajstić information content (AvgIpc) is 3.43. The summed E-state index contributed by atoms with van der Waals surface area (Å²) in [5.41, 5.74) is 3.62. The van der Waals surface area contributed by atoms with Crippen LogP contribution in [0.5, 0.6) is 0 Å². The highest BCUT2D eigenvalue weighted by molar-refractivity contribution is 7.70. The second-order valence-electron chi connectivity index (χ2n) is 10.2. The lowest BCUT2D eigenvalue weighted by molar-refractivity contribution is 0.210. The van der Waals surface area contributed by atoms with Crippen LogP contribution >= 0.6 is 22.9 Å². The molecule has 0 spiro atoms. The van der Waals surface area contributed by atoms with Gasteiger partial charge in [0.15, 0.2) is 5.13 Å². The van der Waals surface area contributed by atoms with Gasteiger partial charge in [0.2, 0.25) is 10.9 Å². The molecule has 46 heavy (non-hydrogen) atoms. The van der Waals surface area contributed by atoms with Gasteiger partial charge in [0, 0.05) is 49.9 Å². The predicted molar refractivity (Wildman–Crippen MR) is 175 cm³/mol. The van der Waals surface area contributed by atoms with E-state index in [0.29, 0.717) is 52.5 Å². The minimum Gasteiger partial charge on any atom is -0.324 e. The van der Waals surface area contributed by atoms with Gasteiger partial charge in [0.25, 0.3) is 0 Å². The predicted octanol–water partition coefficient (Wildman–Crippen LogP) is 6.45. The minimum atomic E-state index is -2.70. The van der Waals surface area contributed by atoms with E-state index in [9.17, 15) is 22.0 Å². The molecule has 14 heteroatoms. The molecule has 5 rings (SSSR count). The number of benzene rings is 3. The first-order valence-corrected chi connectivity index (χ1v) is 16.6. The number of amides is 2. The molecule has 2 amide bonds. The molecule has 0 saturated heterocycles. The Labute approximate surface area is 275 Å². The van der Waals surface area contributed by atoms with Crippen molar-refractivity contribution in [1.29, 1.82) is 0 Å². The first-order valence-electron chi connectivity index (χ1n) is 14.2. The number of anilines is 1. The van der Waals surface area contributed by atoms with Gasteiger partial charge in [-0.1, -0.05) is 71.5 Å². The maximum Gasteiger partial charge on any atom is 0.323 e. The number of thiol groups is 1. The zero-order valence-electron chi connectivity index (χ0n) is 24.3. The molecule has 2 N–H and O–H groups in total. The monoisotopic (exact) mass is 682 g/mol. The van der Waals surface area contributed by atoms with Crippen LogP contribution in [0.25, 0.3) is 11.3 Å². The van der Waals surface area contributed by atoms with E-state index < -0.39 is 16.9 Å². The second kappa shape index (κ2) is 15.8. The van der Waals surface area contributed by atoms with E-state index in [1.54, 1.807) is 71.9 Å². The van der Waals surface area contributed by atoms with Gasteiger partial charge in [-0.2, -0.15) is 0 Å². The highest BCUT2D eigenvalue weighted by atomic mass is 35.5. The molecule has 0 aliphatic carbocycles. The maximum atomic E-state index is 13.7. The Bertz CT molecular complexity index is 1770. The van der Waals surface area contributed by atoms with Crippen LogP contribution in [0.2, 0.25) is 4.34 Å². The van der Waals surface area contributed by atoms with Crippen molar-refractivity contribution in [1.82, 2.24) is 24.6 Å². The van der Waals surface area contributed by atoms with Gasteiger partial charge in [-0.15, -0.1) is 0 Å². The number of carbonyl (C=O) groups excluding carboxylic acids is 1. The molecule has 0 aliphatic rings. The molecule has 0 unspecified atom stereocenters. The maximum absolute atomic E-state index is 13.7. The van der Waals surface area contributed by atoms with Crippen molar-refractivity contribution in [3.8, 4) is 11.3 Å². The summed E-state index contributed by atoms with van der Waals surface area (Å²) in [5, 5.41) is 3.16. The van der Waals surface area contributed by atoms with E-state index in [4.69, 9.17) is 11.6 Å². The second-order valence-corrected chi connectivity index (χ2v) is 12.6. The summed E-state index contributed by atoms with van der Waals surface area (Å²) in [6, 6.07) is 20.7. The molecule has 0 saturated carbocycles. The van der Waals surface area contributed by atoms with Crippen molar-refractivity contribution in [3.05, 3.63) is 130 Å². The molecule has 9 nitrogen and oxygen atoms in total. The topological polar surface area (TPSA) is 117 Å². The van der Waals surface area contributed by atoms with Gasteiger partial charge < -0.3 is 4.90 Å². The number of nitrogens with one attached hydrogen (secondary N) is 2. The van der Waals surface area contributed by atoms with Crippen molar-refractivity contribution in [2.75, 3.05) is 18.4 Å². The van der Waals surface area contributed by atoms with Crippen LogP contribution in [0, 0.1) is 11.6 Å². The van der Waals surface area contributed by atoms with E-state index in [-0.39, 0.29) is 24.1 Å². The summed E-state index contributed by atoms with van der Waals surface area (Å²) in [6.07, 6.45) is 4.14. The van der Waals surface area contributed by atoms with Crippen molar-refractivity contribution in [2.45, 2.75) is 25.3 Å². The molecule has 0 bridgehead atoms. The van der Waals surface area contributed by atoms with Gasteiger partial charge in [-0.3, -0.25) is 5.32 Å². The molecule has 0 aliphatic heterocycles. The average molecular weight is 683 g/mol. The minimum absolute atomic E-state index is 0.165. The summed E-state index contributed by atoms with van der Waals surface area (Å²) in [4.78, 5) is 28.4. The Hall–Kier alpha value is -4.30. The van der Waals surface area contributed by atoms with Crippen molar-refractivity contribution < 1.29 is 22.0 Å². The van der Waals surface area contributed by atoms with Crippen LogP contribution < -0.4 is 10.0 Å². The Kier molecular flexibility index (Phi) is 11.4.